The van der Waals surface area contributed by atoms with Gasteiger partial charge in [-0.1, -0.05) is 158 Å². The molecule has 0 spiro atoms. The number of aromatic nitrogens is 3. The first-order valence-corrected chi connectivity index (χ1v) is 19.7. The molecule has 272 valence electrons. The first-order chi connectivity index (χ1) is 28.8. The number of hydrogen-bond acceptors (Lipinski definition) is 5. The fraction of sp³-hybridized carbons (Fsp3) is 0.0377. The molecule has 0 radical (unpaired) electrons. The molecule has 0 bridgehead atoms. The standard InChI is InChI=1S/C53H33N3O2/c1-2-15-33(16-3-1)44-31-45(35-24-12-18-32-17-4-5-19-34(32)35)48(39-23-7-6-20-36(39)44)53-55-51(42-27-13-25-40-37-21-8-10-29-46(37)57-49(40)42)54-52(56-53)43-28-14-26-41-38-22-9-11-30-47(38)58-50(41)43/h1-27,29-31,43H,28H2. The Labute approximate surface area is 333 Å². The van der Waals surface area contributed by atoms with Gasteiger partial charge in [0.15, 0.2) is 11.6 Å². The zero-order valence-corrected chi connectivity index (χ0v) is 31.3. The molecule has 0 aliphatic heterocycles. The molecule has 1 unspecified atom stereocenters. The average molecular weight is 744 g/mol. The average Bonchev–Trinajstić information content (AvgIpc) is 3.87. The molecule has 12 rings (SSSR count). The molecule has 1 atom stereocenters. The fourth-order valence-electron chi connectivity index (χ4n) is 9.02. The van der Waals surface area contributed by atoms with Crippen LogP contribution < -0.4 is 0 Å². The van der Waals surface area contributed by atoms with Crippen LogP contribution in [0.15, 0.2) is 185 Å². The lowest BCUT2D eigenvalue weighted by Crippen LogP contribution is -2.12. The third-order valence-electron chi connectivity index (χ3n) is 11.7. The van der Waals surface area contributed by atoms with Crippen molar-refractivity contribution in [2.75, 3.05) is 0 Å². The van der Waals surface area contributed by atoms with E-state index in [9.17, 15) is 0 Å². The van der Waals surface area contributed by atoms with E-state index < -0.39 is 0 Å². The molecule has 0 fully saturated rings. The van der Waals surface area contributed by atoms with Gasteiger partial charge in [-0.3, -0.25) is 0 Å². The maximum Gasteiger partial charge on any atom is 0.167 e. The van der Waals surface area contributed by atoms with E-state index in [0.717, 1.165) is 93.8 Å². The molecule has 0 N–H and O–H groups in total. The van der Waals surface area contributed by atoms with Gasteiger partial charge in [-0.2, -0.15) is 0 Å². The van der Waals surface area contributed by atoms with E-state index in [4.69, 9.17) is 23.8 Å². The molecule has 5 nitrogen and oxygen atoms in total. The predicted octanol–water partition coefficient (Wildman–Crippen LogP) is 14.0. The van der Waals surface area contributed by atoms with Gasteiger partial charge in [0.2, 0.25) is 0 Å². The van der Waals surface area contributed by atoms with E-state index >= 15 is 0 Å². The Balaban J connectivity index is 1.20. The van der Waals surface area contributed by atoms with Gasteiger partial charge in [-0.25, -0.2) is 15.0 Å². The summed E-state index contributed by atoms with van der Waals surface area (Å²) in [6.07, 6.45) is 5.07. The lowest BCUT2D eigenvalue weighted by atomic mass is 9.86. The van der Waals surface area contributed by atoms with Gasteiger partial charge in [0, 0.05) is 27.3 Å². The minimum Gasteiger partial charge on any atom is -0.460 e. The van der Waals surface area contributed by atoms with Gasteiger partial charge < -0.3 is 8.83 Å². The van der Waals surface area contributed by atoms with Crippen LogP contribution in [0.2, 0.25) is 0 Å². The first kappa shape index (κ1) is 32.6. The van der Waals surface area contributed by atoms with Crippen LogP contribution in [0.25, 0.3) is 106 Å². The molecule has 8 aromatic carbocycles. The van der Waals surface area contributed by atoms with Crippen LogP contribution in [-0.2, 0) is 0 Å². The molecule has 1 aliphatic carbocycles. The normalized spacial score (nSPS) is 13.9. The summed E-state index contributed by atoms with van der Waals surface area (Å²) in [5.74, 6) is 2.43. The van der Waals surface area contributed by atoms with Crippen molar-refractivity contribution in [1.29, 1.82) is 0 Å². The SMILES string of the molecule is C1=Cc2c(oc3ccccc23)C(c2nc(-c3c(-c4cccc5ccccc45)cc(-c4ccccc4)c4ccccc34)nc(-c3cccc4c3oc3ccccc34)n2)C1. The molecule has 58 heavy (non-hydrogen) atoms. The van der Waals surface area contributed by atoms with Crippen LogP contribution >= 0.6 is 0 Å². The molecule has 1 aliphatic rings. The van der Waals surface area contributed by atoms with Crippen molar-refractivity contribution in [2.24, 2.45) is 0 Å². The molecular formula is C53H33N3O2. The Morgan fingerprint density at radius 2 is 1.09 bits per heavy atom. The van der Waals surface area contributed by atoms with E-state index in [1.54, 1.807) is 0 Å². The second kappa shape index (κ2) is 13.0. The topological polar surface area (TPSA) is 65.0 Å². The lowest BCUT2D eigenvalue weighted by molar-refractivity contribution is 0.506. The molecule has 0 amide bonds. The number of furan rings is 2. The van der Waals surface area contributed by atoms with Crippen molar-refractivity contribution in [1.82, 2.24) is 15.0 Å². The van der Waals surface area contributed by atoms with E-state index in [2.05, 4.69) is 152 Å². The molecular weight excluding hydrogens is 711 g/mol. The monoisotopic (exact) mass is 743 g/mol. The highest BCUT2D eigenvalue weighted by Gasteiger charge is 2.30. The maximum atomic E-state index is 6.66. The number of benzene rings is 8. The van der Waals surface area contributed by atoms with E-state index in [-0.39, 0.29) is 5.92 Å². The second-order valence-corrected chi connectivity index (χ2v) is 15.0. The Kier molecular flexibility index (Phi) is 7.29. The van der Waals surface area contributed by atoms with Crippen LogP contribution in [0.3, 0.4) is 0 Å². The third kappa shape index (κ3) is 5.07. The zero-order chi connectivity index (χ0) is 38.2. The van der Waals surface area contributed by atoms with Gasteiger partial charge in [0.1, 0.15) is 28.3 Å². The van der Waals surface area contributed by atoms with E-state index in [1.807, 2.05) is 30.3 Å². The Hall–Kier alpha value is -7.63. The largest absolute Gasteiger partial charge is 0.460 e. The summed E-state index contributed by atoms with van der Waals surface area (Å²) in [6, 6.07) is 59.3. The molecule has 3 aromatic heterocycles. The number of fused-ring (bicyclic) bond motifs is 8. The highest BCUT2D eigenvalue weighted by atomic mass is 16.3. The van der Waals surface area contributed by atoms with Crippen molar-refractivity contribution in [3.63, 3.8) is 0 Å². The fourth-order valence-corrected chi connectivity index (χ4v) is 9.02. The Bertz CT molecular complexity index is 3440. The first-order valence-electron chi connectivity index (χ1n) is 19.7. The summed E-state index contributed by atoms with van der Waals surface area (Å²) >= 11 is 0. The summed E-state index contributed by atoms with van der Waals surface area (Å²) < 4.78 is 13.3. The van der Waals surface area contributed by atoms with E-state index in [1.165, 1.54) is 5.39 Å². The number of rotatable bonds is 5. The molecule has 3 heterocycles. The van der Waals surface area contributed by atoms with Crippen LogP contribution in [0.4, 0.5) is 0 Å². The van der Waals surface area contributed by atoms with E-state index in [0.29, 0.717) is 23.9 Å². The molecule has 0 saturated heterocycles. The molecule has 11 aromatic rings. The van der Waals surface area contributed by atoms with Gasteiger partial charge in [0.25, 0.3) is 0 Å². The minimum atomic E-state index is -0.237. The number of hydrogen-bond donors (Lipinski definition) is 0. The van der Waals surface area contributed by atoms with Crippen molar-refractivity contribution in [3.05, 3.63) is 193 Å². The van der Waals surface area contributed by atoms with Gasteiger partial charge >= 0.3 is 0 Å². The van der Waals surface area contributed by atoms with Gasteiger partial charge in [-0.15, -0.1) is 0 Å². The summed E-state index contributed by atoms with van der Waals surface area (Å²) in [7, 11) is 0. The van der Waals surface area contributed by atoms with Gasteiger partial charge in [0.05, 0.1) is 11.5 Å². The highest BCUT2D eigenvalue weighted by molar-refractivity contribution is 6.13. The van der Waals surface area contributed by atoms with Crippen LogP contribution in [0.5, 0.6) is 0 Å². The quantitative estimate of drug-likeness (QED) is 0.176. The van der Waals surface area contributed by atoms with Crippen molar-refractivity contribution in [2.45, 2.75) is 12.3 Å². The van der Waals surface area contributed by atoms with Crippen molar-refractivity contribution in [3.8, 4) is 45.0 Å². The van der Waals surface area contributed by atoms with Gasteiger partial charge in [-0.05, 0) is 74.5 Å². The summed E-state index contributed by atoms with van der Waals surface area (Å²) in [5, 5.41) is 7.66. The number of para-hydroxylation sites is 3. The number of allylic oxidation sites excluding steroid dienone is 1. The number of nitrogens with zero attached hydrogens (tertiary/aromatic N) is 3. The smallest absolute Gasteiger partial charge is 0.167 e. The molecule has 0 saturated carbocycles. The van der Waals surface area contributed by atoms with Crippen molar-refractivity contribution >= 4 is 60.5 Å². The van der Waals surface area contributed by atoms with Crippen LogP contribution in [0, 0.1) is 0 Å². The maximum absolute atomic E-state index is 6.66. The Morgan fingerprint density at radius 1 is 0.448 bits per heavy atom. The van der Waals surface area contributed by atoms with Crippen LogP contribution in [-0.4, -0.2) is 15.0 Å². The van der Waals surface area contributed by atoms with Crippen LogP contribution in [0.1, 0.15) is 29.5 Å². The lowest BCUT2D eigenvalue weighted by Gasteiger charge is -2.21. The second-order valence-electron chi connectivity index (χ2n) is 15.0. The highest BCUT2D eigenvalue weighted by Crippen LogP contribution is 2.46. The summed E-state index contributed by atoms with van der Waals surface area (Å²) in [6.45, 7) is 0. The zero-order valence-electron chi connectivity index (χ0n) is 31.3. The van der Waals surface area contributed by atoms with Crippen molar-refractivity contribution < 1.29 is 8.83 Å². The third-order valence-corrected chi connectivity index (χ3v) is 11.7. The predicted molar refractivity (Wildman–Crippen MR) is 236 cm³/mol. The summed E-state index contributed by atoms with van der Waals surface area (Å²) in [5.41, 5.74) is 9.71. The minimum absolute atomic E-state index is 0.237. The molecule has 5 heteroatoms. The summed E-state index contributed by atoms with van der Waals surface area (Å²) in [4.78, 5) is 16.4. The Morgan fingerprint density at radius 3 is 1.95 bits per heavy atom.